The van der Waals surface area contributed by atoms with Gasteiger partial charge in [0.2, 0.25) is 0 Å². The normalized spacial score (nSPS) is 14.6. The highest BCUT2D eigenvalue weighted by Crippen LogP contribution is 2.10. The molecule has 0 N–H and O–H groups in total. The van der Waals surface area contributed by atoms with Crippen LogP contribution in [0.15, 0.2) is 24.3 Å². The topological polar surface area (TPSA) is 26.3 Å². The van der Waals surface area contributed by atoms with E-state index in [4.69, 9.17) is 4.74 Å². The lowest BCUT2D eigenvalue weighted by molar-refractivity contribution is -0.137. The zero-order valence-electron chi connectivity index (χ0n) is 11.1. The lowest BCUT2D eigenvalue weighted by atomic mass is 10.1. The van der Waals surface area contributed by atoms with E-state index in [0.29, 0.717) is 12.5 Å². The standard InChI is InChI=1S/C13H24O2Si/c1-6-15-13(14)10-9-12(2)8-7-11-16(3,4)5/h7-10,12H,6,11H2,1-5H3/b8-7-,10-9+. The maximum Gasteiger partial charge on any atom is 0.330 e. The average molecular weight is 240 g/mol. The second kappa shape index (κ2) is 7.44. The molecule has 1 atom stereocenters. The van der Waals surface area contributed by atoms with Gasteiger partial charge in [0.15, 0.2) is 0 Å². The molecule has 0 rings (SSSR count). The summed E-state index contributed by atoms with van der Waals surface area (Å²) in [5, 5.41) is 0. The van der Waals surface area contributed by atoms with Crippen molar-refractivity contribution in [2.75, 3.05) is 6.61 Å². The van der Waals surface area contributed by atoms with Gasteiger partial charge in [-0.1, -0.05) is 44.8 Å². The van der Waals surface area contributed by atoms with Gasteiger partial charge < -0.3 is 4.74 Å². The molecule has 92 valence electrons. The summed E-state index contributed by atoms with van der Waals surface area (Å²) in [7, 11) is -0.984. The second-order valence-electron chi connectivity index (χ2n) is 5.16. The molecule has 1 unspecified atom stereocenters. The molecule has 0 spiro atoms. The molecule has 0 aliphatic heterocycles. The Balaban J connectivity index is 3.98. The Morgan fingerprint density at radius 3 is 2.44 bits per heavy atom. The molecule has 0 fully saturated rings. The van der Waals surface area contributed by atoms with Gasteiger partial charge in [0.25, 0.3) is 0 Å². The van der Waals surface area contributed by atoms with Crippen LogP contribution in [-0.4, -0.2) is 20.7 Å². The highest BCUT2D eigenvalue weighted by molar-refractivity contribution is 6.76. The average Bonchev–Trinajstić information content (AvgIpc) is 2.13. The zero-order chi connectivity index (χ0) is 12.6. The van der Waals surface area contributed by atoms with E-state index in [1.54, 1.807) is 0 Å². The Morgan fingerprint density at radius 1 is 1.31 bits per heavy atom. The predicted molar refractivity (Wildman–Crippen MR) is 72.2 cm³/mol. The number of carbonyl (C=O) groups excluding carboxylic acids is 1. The van der Waals surface area contributed by atoms with Gasteiger partial charge >= 0.3 is 5.97 Å². The van der Waals surface area contributed by atoms with Crippen molar-refractivity contribution in [3.05, 3.63) is 24.3 Å². The van der Waals surface area contributed by atoms with Gasteiger partial charge in [0, 0.05) is 14.1 Å². The van der Waals surface area contributed by atoms with Crippen molar-refractivity contribution >= 4 is 14.0 Å². The minimum atomic E-state index is -0.984. The largest absolute Gasteiger partial charge is 0.463 e. The number of hydrogen-bond donors (Lipinski definition) is 0. The number of hydrogen-bond acceptors (Lipinski definition) is 2. The van der Waals surface area contributed by atoms with Crippen molar-refractivity contribution in [2.45, 2.75) is 39.5 Å². The van der Waals surface area contributed by atoms with Crippen molar-refractivity contribution in [3.8, 4) is 0 Å². The lowest BCUT2D eigenvalue weighted by Crippen LogP contribution is -2.17. The van der Waals surface area contributed by atoms with Gasteiger partial charge in [-0.15, -0.1) is 0 Å². The van der Waals surface area contributed by atoms with Crippen LogP contribution in [0.25, 0.3) is 0 Å². The molecule has 2 nitrogen and oxygen atoms in total. The van der Waals surface area contributed by atoms with Gasteiger partial charge in [0.1, 0.15) is 0 Å². The molecule has 3 heteroatoms. The van der Waals surface area contributed by atoms with Crippen molar-refractivity contribution < 1.29 is 9.53 Å². The van der Waals surface area contributed by atoms with E-state index in [2.05, 4.69) is 38.7 Å². The van der Waals surface area contributed by atoms with Gasteiger partial charge in [-0.25, -0.2) is 4.79 Å². The fourth-order valence-corrected chi connectivity index (χ4v) is 1.96. The molecule has 0 radical (unpaired) electrons. The van der Waals surface area contributed by atoms with Crippen LogP contribution in [0.2, 0.25) is 25.7 Å². The third-order valence-electron chi connectivity index (χ3n) is 1.99. The van der Waals surface area contributed by atoms with Crippen LogP contribution in [-0.2, 0) is 9.53 Å². The first kappa shape index (κ1) is 15.2. The summed E-state index contributed by atoms with van der Waals surface area (Å²) >= 11 is 0. The van der Waals surface area contributed by atoms with E-state index >= 15 is 0 Å². The minimum absolute atomic E-state index is 0.257. The molecule has 16 heavy (non-hydrogen) atoms. The smallest absolute Gasteiger partial charge is 0.330 e. The zero-order valence-corrected chi connectivity index (χ0v) is 12.1. The predicted octanol–water partition coefficient (Wildman–Crippen LogP) is 3.64. The van der Waals surface area contributed by atoms with Crippen LogP contribution in [0.3, 0.4) is 0 Å². The summed E-state index contributed by atoms with van der Waals surface area (Å²) in [4.78, 5) is 11.1. The SMILES string of the molecule is CCOC(=O)/C=C/C(C)/C=C\C[Si](C)(C)C. The van der Waals surface area contributed by atoms with Crippen molar-refractivity contribution in [3.63, 3.8) is 0 Å². The number of esters is 1. The van der Waals surface area contributed by atoms with E-state index in [-0.39, 0.29) is 5.97 Å². The third-order valence-corrected chi connectivity index (χ3v) is 3.45. The number of allylic oxidation sites excluding steroid dienone is 3. The van der Waals surface area contributed by atoms with Crippen molar-refractivity contribution in [1.29, 1.82) is 0 Å². The Labute approximate surface area is 100 Å². The molecule has 0 aromatic rings. The first-order chi connectivity index (χ1) is 7.35. The van der Waals surface area contributed by atoms with Crippen LogP contribution >= 0.6 is 0 Å². The molecule has 0 saturated heterocycles. The summed E-state index contributed by atoms with van der Waals surface area (Å²) in [5.41, 5.74) is 0. The maximum absolute atomic E-state index is 11.1. The van der Waals surface area contributed by atoms with Gasteiger partial charge in [0.05, 0.1) is 6.61 Å². The summed E-state index contributed by atoms with van der Waals surface area (Å²) in [6, 6.07) is 1.19. The van der Waals surface area contributed by atoms with E-state index in [1.165, 1.54) is 12.1 Å². The highest BCUT2D eigenvalue weighted by Gasteiger charge is 2.09. The Bertz CT molecular complexity index is 262. The van der Waals surface area contributed by atoms with Gasteiger partial charge in [-0.2, -0.15) is 0 Å². The molecule has 0 aromatic heterocycles. The van der Waals surface area contributed by atoms with Crippen LogP contribution < -0.4 is 0 Å². The summed E-state index contributed by atoms with van der Waals surface area (Å²) in [6.45, 7) is 11.3. The molecular weight excluding hydrogens is 216 g/mol. The molecule has 0 amide bonds. The molecular formula is C13H24O2Si. The lowest BCUT2D eigenvalue weighted by Gasteiger charge is -2.11. The fraction of sp³-hybridized carbons (Fsp3) is 0.615. The number of carbonyl (C=O) groups is 1. The van der Waals surface area contributed by atoms with Crippen molar-refractivity contribution in [1.82, 2.24) is 0 Å². The second-order valence-corrected chi connectivity index (χ2v) is 10.7. The molecule has 0 aromatic carbocycles. The minimum Gasteiger partial charge on any atom is -0.463 e. The summed E-state index contributed by atoms with van der Waals surface area (Å²) < 4.78 is 4.81. The Hall–Kier alpha value is -0.833. The van der Waals surface area contributed by atoms with E-state index in [9.17, 15) is 4.79 Å². The van der Waals surface area contributed by atoms with Crippen LogP contribution in [0, 0.1) is 5.92 Å². The van der Waals surface area contributed by atoms with E-state index in [1.807, 2.05) is 13.0 Å². The Morgan fingerprint density at radius 2 is 1.94 bits per heavy atom. The summed E-state index contributed by atoms with van der Waals surface area (Å²) in [5.74, 6) is 0.0358. The molecule has 0 bridgehead atoms. The summed E-state index contributed by atoms with van der Waals surface area (Å²) in [6.07, 6.45) is 7.76. The van der Waals surface area contributed by atoms with Crippen LogP contribution in [0.4, 0.5) is 0 Å². The van der Waals surface area contributed by atoms with Crippen LogP contribution in [0.1, 0.15) is 13.8 Å². The van der Waals surface area contributed by atoms with Crippen LogP contribution in [0.5, 0.6) is 0 Å². The van der Waals surface area contributed by atoms with Gasteiger partial charge in [-0.3, -0.25) is 0 Å². The monoisotopic (exact) mass is 240 g/mol. The quantitative estimate of drug-likeness (QED) is 0.307. The number of rotatable bonds is 6. The maximum atomic E-state index is 11.1. The Kier molecular flexibility index (Phi) is 7.05. The van der Waals surface area contributed by atoms with E-state index in [0.717, 1.165) is 0 Å². The first-order valence-electron chi connectivity index (χ1n) is 5.87. The van der Waals surface area contributed by atoms with Crippen molar-refractivity contribution in [2.24, 2.45) is 5.92 Å². The first-order valence-corrected chi connectivity index (χ1v) is 9.57. The molecule has 0 aliphatic carbocycles. The number of ether oxygens (including phenoxy) is 1. The molecule has 0 aliphatic rings. The third kappa shape index (κ3) is 9.71. The highest BCUT2D eigenvalue weighted by atomic mass is 28.3. The fourth-order valence-electron chi connectivity index (χ4n) is 1.12. The van der Waals surface area contributed by atoms with Gasteiger partial charge in [-0.05, 0) is 18.9 Å². The van der Waals surface area contributed by atoms with E-state index < -0.39 is 8.07 Å². The molecule has 0 heterocycles. The molecule has 0 saturated carbocycles.